The first-order valence-electron chi connectivity index (χ1n) is 9.11. The number of aliphatic carboxylic acids is 1. The molecular weight excluding hydrogens is 332 g/mol. The lowest BCUT2D eigenvalue weighted by molar-refractivity contribution is -0.267. The van der Waals surface area contributed by atoms with Crippen molar-refractivity contribution in [1.29, 1.82) is 0 Å². The molecule has 3 N–H and O–H groups in total. The molecule has 0 aromatic carbocycles. The minimum atomic E-state index is -0.850. The van der Waals surface area contributed by atoms with E-state index in [0.717, 1.165) is 25.7 Å². The summed E-state index contributed by atoms with van der Waals surface area (Å²) in [5.41, 5.74) is 0. The number of hydrogen-bond acceptors (Lipinski definition) is 4. The van der Waals surface area contributed by atoms with E-state index in [9.17, 15) is 9.90 Å². The zero-order valence-electron chi connectivity index (χ0n) is 15.5. The van der Waals surface area contributed by atoms with Crippen molar-refractivity contribution in [3.05, 3.63) is 60.8 Å². The first kappa shape index (κ1) is 24.1. The molecule has 146 valence electrons. The van der Waals surface area contributed by atoms with Crippen LogP contribution in [0.2, 0.25) is 0 Å². The molecule has 26 heavy (non-hydrogen) atoms. The topological polar surface area (TPSA) is 87.0 Å². The largest absolute Gasteiger partial charge is 0.481 e. The van der Waals surface area contributed by atoms with Gasteiger partial charge in [0.1, 0.15) is 6.10 Å². The van der Waals surface area contributed by atoms with E-state index in [4.69, 9.17) is 10.4 Å². The fourth-order valence-corrected chi connectivity index (χ4v) is 2.07. The molecule has 0 aliphatic carbocycles. The average molecular weight is 364 g/mol. The molecular formula is C21H32O5. The normalized spacial score (nSPS) is 15.2. The highest BCUT2D eigenvalue weighted by Gasteiger charge is 2.05. The number of carboxylic acid groups (broad SMARTS) is 1. The number of rotatable bonds is 15. The van der Waals surface area contributed by atoms with Crippen LogP contribution in [0.1, 0.15) is 51.9 Å². The SMILES string of the molecule is CCCC(O)/C=C/C=C\C/C=C\C/C=C\C=C\[C@H](CCCC(=O)O)OO. The van der Waals surface area contributed by atoms with E-state index in [1.807, 2.05) is 37.3 Å². The zero-order chi connectivity index (χ0) is 19.5. The van der Waals surface area contributed by atoms with Crippen molar-refractivity contribution in [2.24, 2.45) is 0 Å². The third-order valence-corrected chi connectivity index (χ3v) is 3.46. The van der Waals surface area contributed by atoms with Crippen molar-refractivity contribution < 1.29 is 25.2 Å². The van der Waals surface area contributed by atoms with Gasteiger partial charge in [-0.1, -0.05) is 74.1 Å². The molecule has 0 spiro atoms. The Kier molecular flexibility index (Phi) is 16.5. The summed E-state index contributed by atoms with van der Waals surface area (Å²) in [6.07, 6.45) is 22.6. The minimum Gasteiger partial charge on any atom is -0.481 e. The van der Waals surface area contributed by atoms with Gasteiger partial charge in [0.25, 0.3) is 0 Å². The lowest BCUT2D eigenvalue weighted by atomic mass is 10.1. The van der Waals surface area contributed by atoms with E-state index in [1.54, 1.807) is 18.2 Å². The third-order valence-electron chi connectivity index (χ3n) is 3.46. The second-order valence-corrected chi connectivity index (χ2v) is 5.85. The number of aliphatic hydroxyl groups excluding tert-OH is 1. The van der Waals surface area contributed by atoms with E-state index in [-0.39, 0.29) is 12.5 Å². The summed E-state index contributed by atoms with van der Waals surface area (Å²) in [7, 11) is 0. The number of carbonyl (C=O) groups is 1. The fourth-order valence-electron chi connectivity index (χ4n) is 2.07. The van der Waals surface area contributed by atoms with E-state index < -0.39 is 12.1 Å². The summed E-state index contributed by atoms with van der Waals surface area (Å²) in [6.45, 7) is 2.04. The van der Waals surface area contributed by atoms with Crippen LogP contribution in [0.5, 0.6) is 0 Å². The van der Waals surface area contributed by atoms with Gasteiger partial charge in [0.05, 0.1) is 6.10 Å². The highest BCUT2D eigenvalue weighted by atomic mass is 17.1. The molecule has 0 bridgehead atoms. The van der Waals surface area contributed by atoms with Crippen LogP contribution in [-0.4, -0.2) is 33.6 Å². The van der Waals surface area contributed by atoms with Crippen molar-refractivity contribution in [3.63, 3.8) is 0 Å². The van der Waals surface area contributed by atoms with Gasteiger partial charge in [0.2, 0.25) is 0 Å². The lowest BCUT2D eigenvalue weighted by Crippen LogP contribution is -2.08. The third kappa shape index (κ3) is 16.9. The van der Waals surface area contributed by atoms with Gasteiger partial charge in [-0.3, -0.25) is 10.1 Å². The van der Waals surface area contributed by atoms with Crippen molar-refractivity contribution in [2.75, 3.05) is 0 Å². The molecule has 0 amide bonds. The highest BCUT2D eigenvalue weighted by molar-refractivity contribution is 5.66. The highest BCUT2D eigenvalue weighted by Crippen LogP contribution is 2.06. The molecule has 1 unspecified atom stereocenters. The monoisotopic (exact) mass is 364 g/mol. The maximum Gasteiger partial charge on any atom is 0.303 e. The van der Waals surface area contributed by atoms with Gasteiger partial charge in [-0.15, -0.1) is 0 Å². The summed E-state index contributed by atoms with van der Waals surface area (Å²) in [4.78, 5) is 14.7. The number of aliphatic hydroxyl groups is 1. The van der Waals surface area contributed by atoms with Crippen LogP contribution in [0.25, 0.3) is 0 Å². The van der Waals surface area contributed by atoms with Gasteiger partial charge in [0, 0.05) is 6.42 Å². The van der Waals surface area contributed by atoms with Gasteiger partial charge in [0.15, 0.2) is 0 Å². The van der Waals surface area contributed by atoms with E-state index >= 15 is 0 Å². The summed E-state index contributed by atoms with van der Waals surface area (Å²) in [5, 5.41) is 26.8. The summed E-state index contributed by atoms with van der Waals surface area (Å²) < 4.78 is 0. The molecule has 5 heteroatoms. The van der Waals surface area contributed by atoms with Gasteiger partial charge in [-0.2, -0.15) is 0 Å². The smallest absolute Gasteiger partial charge is 0.303 e. The molecule has 5 nitrogen and oxygen atoms in total. The number of hydrogen-bond donors (Lipinski definition) is 3. The molecule has 0 saturated heterocycles. The van der Waals surface area contributed by atoms with Crippen molar-refractivity contribution in [1.82, 2.24) is 0 Å². The Morgan fingerprint density at radius 3 is 2.12 bits per heavy atom. The molecule has 0 aliphatic rings. The van der Waals surface area contributed by atoms with E-state index in [1.165, 1.54) is 0 Å². The molecule has 0 saturated carbocycles. The molecule has 0 radical (unpaired) electrons. The molecule has 0 rings (SSSR count). The number of carboxylic acids is 1. The van der Waals surface area contributed by atoms with Gasteiger partial charge in [-0.25, -0.2) is 4.89 Å². The Hall–Kier alpha value is -1.95. The van der Waals surface area contributed by atoms with Crippen LogP contribution in [-0.2, 0) is 9.68 Å². The Bertz CT molecular complexity index is 489. The molecule has 0 fully saturated rings. The van der Waals surface area contributed by atoms with Crippen LogP contribution in [0.15, 0.2) is 60.8 Å². The van der Waals surface area contributed by atoms with Crippen molar-refractivity contribution in [2.45, 2.75) is 64.1 Å². The minimum absolute atomic E-state index is 0.0674. The maximum atomic E-state index is 10.4. The number of allylic oxidation sites excluding steroid dienone is 8. The predicted octanol–water partition coefficient (Wildman–Crippen LogP) is 4.82. The van der Waals surface area contributed by atoms with Gasteiger partial charge in [-0.05, 0) is 32.1 Å². The van der Waals surface area contributed by atoms with Crippen LogP contribution in [0, 0.1) is 0 Å². The summed E-state index contributed by atoms with van der Waals surface area (Å²) in [6, 6.07) is 0. The van der Waals surface area contributed by atoms with Crippen LogP contribution >= 0.6 is 0 Å². The molecule has 0 aromatic heterocycles. The maximum absolute atomic E-state index is 10.4. The molecule has 2 atom stereocenters. The lowest BCUT2D eigenvalue weighted by Gasteiger charge is -2.06. The first-order valence-corrected chi connectivity index (χ1v) is 9.11. The Morgan fingerprint density at radius 1 is 0.962 bits per heavy atom. The molecule has 0 heterocycles. The second-order valence-electron chi connectivity index (χ2n) is 5.85. The molecule has 0 aliphatic heterocycles. The average Bonchev–Trinajstić information content (AvgIpc) is 2.61. The van der Waals surface area contributed by atoms with Crippen molar-refractivity contribution in [3.8, 4) is 0 Å². The zero-order valence-corrected chi connectivity index (χ0v) is 15.5. The standard InChI is InChI=1S/C21H32O5/c1-2-14-19(22)15-11-9-7-5-3-4-6-8-10-12-16-20(26-25)17-13-18-21(23)24/h3-4,7-12,15-16,19-20,22,25H,2,5-6,13-14,17-18H2,1H3,(H,23,24)/b4-3-,9-7-,10-8-,15-11+,16-12+/t19?,20-/m1/s1. The second kappa shape index (κ2) is 17.9. The van der Waals surface area contributed by atoms with E-state index in [2.05, 4.69) is 17.0 Å². The van der Waals surface area contributed by atoms with Gasteiger partial charge < -0.3 is 10.2 Å². The Labute approximate surface area is 156 Å². The Morgan fingerprint density at radius 2 is 1.58 bits per heavy atom. The van der Waals surface area contributed by atoms with Crippen LogP contribution < -0.4 is 0 Å². The van der Waals surface area contributed by atoms with Crippen LogP contribution in [0.4, 0.5) is 0 Å². The Balaban J connectivity index is 3.86. The quantitative estimate of drug-likeness (QED) is 0.168. The van der Waals surface area contributed by atoms with E-state index in [0.29, 0.717) is 12.8 Å². The summed E-state index contributed by atoms with van der Waals surface area (Å²) in [5.74, 6) is -0.850. The van der Waals surface area contributed by atoms with Crippen LogP contribution in [0.3, 0.4) is 0 Å². The summed E-state index contributed by atoms with van der Waals surface area (Å²) >= 11 is 0. The fraction of sp³-hybridized carbons (Fsp3) is 0.476. The first-order chi connectivity index (χ1) is 12.6. The predicted molar refractivity (Wildman–Crippen MR) is 105 cm³/mol. The van der Waals surface area contributed by atoms with Crippen molar-refractivity contribution >= 4 is 5.97 Å². The molecule has 0 aromatic rings. The van der Waals surface area contributed by atoms with Gasteiger partial charge >= 0.3 is 5.97 Å².